The summed E-state index contributed by atoms with van der Waals surface area (Å²) in [7, 11) is 1.37. The van der Waals surface area contributed by atoms with Gasteiger partial charge in [0.15, 0.2) is 5.79 Å². The molecule has 2 aliphatic rings. The van der Waals surface area contributed by atoms with Crippen LogP contribution in [-0.4, -0.2) is 49.1 Å². The van der Waals surface area contributed by atoms with E-state index in [1.807, 2.05) is 0 Å². The summed E-state index contributed by atoms with van der Waals surface area (Å²) in [4.78, 5) is 23.3. The van der Waals surface area contributed by atoms with Crippen molar-refractivity contribution in [1.29, 1.82) is 0 Å². The van der Waals surface area contributed by atoms with E-state index < -0.39 is 17.8 Å². The van der Waals surface area contributed by atoms with Gasteiger partial charge in [-0.25, -0.2) is 0 Å². The third-order valence-corrected chi connectivity index (χ3v) is 4.30. The van der Waals surface area contributed by atoms with Crippen molar-refractivity contribution in [2.75, 3.05) is 20.3 Å². The second-order valence-corrected chi connectivity index (χ2v) is 5.70. The maximum atomic E-state index is 12.4. The quantitative estimate of drug-likeness (QED) is 0.562. The number of ether oxygens (including phenoxy) is 3. The molecule has 0 aromatic carbocycles. The van der Waals surface area contributed by atoms with Gasteiger partial charge < -0.3 is 19.3 Å². The number of rotatable bonds is 7. The molecule has 2 rings (SSSR count). The van der Waals surface area contributed by atoms with Gasteiger partial charge in [0.25, 0.3) is 0 Å². The highest BCUT2D eigenvalue weighted by Gasteiger charge is 2.55. The Balaban J connectivity index is 1.75. The van der Waals surface area contributed by atoms with Crippen molar-refractivity contribution in [2.24, 2.45) is 5.92 Å². The number of esters is 1. The Morgan fingerprint density at radius 2 is 1.86 bits per heavy atom. The van der Waals surface area contributed by atoms with Crippen LogP contribution in [0.4, 0.5) is 0 Å². The Kier molecular flexibility index (Phi) is 5.72. The van der Waals surface area contributed by atoms with Crippen LogP contribution in [0.15, 0.2) is 0 Å². The molecule has 1 spiro atoms. The molecule has 21 heavy (non-hydrogen) atoms. The number of ketones is 1. The van der Waals surface area contributed by atoms with Gasteiger partial charge in [-0.05, 0) is 19.3 Å². The third-order valence-electron chi connectivity index (χ3n) is 4.30. The van der Waals surface area contributed by atoms with Crippen molar-refractivity contribution in [2.45, 2.75) is 56.8 Å². The Morgan fingerprint density at radius 3 is 2.52 bits per heavy atom. The lowest BCUT2D eigenvalue weighted by atomic mass is 9.91. The summed E-state index contributed by atoms with van der Waals surface area (Å²) in [5, 5.41) is 10.1. The molecule has 0 amide bonds. The first-order chi connectivity index (χ1) is 10.1. The number of Topliss-reactive ketones (excluding diaryl/α,β-unsaturated/α-hetero) is 1. The van der Waals surface area contributed by atoms with Crippen molar-refractivity contribution in [3.63, 3.8) is 0 Å². The van der Waals surface area contributed by atoms with Gasteiger partial charge in [-0.3, -0.25) is 9.59 Å². The molecule has 2 atom stereocenters. The smallest absolute Gasteiger partial charge is 0.305 e. The molecule has 1 N–H and O–H groups in total. The highest BCUT2D eigenvalue weighted by Crippen LogP contribution is 2.43. The molecule has 1 saturated carbocycles. The van der Waals surface area contributed by atoms with E-state index in [2.05, 4.69) is 4.74 Å². The normalized spacial score (nSPS) is 27.1. The Bertz CT molecular complexity index is 374. The summed E-state index contributed by atoms with van der Waals surface area (Å²) in [6.07, 6.45) is 3.42. The van der Waals surface area contributed by atoms with Gasteiger partial charge in [-0.1, -0.05) is 6.42 Å². The number of hydrogen-bond donors (Lipinski definition) is 1. The van der Waals surface area contributed by atoms with E-state index in [-0.39, 0.29) is 11.8 Å². The Labute approximate surface area is 124 Å². The summed E-state index contributed by atoms with van der Waals surface area (Å²) in [5.74, 6) is -1.68. The molecule has 1 aliphatic heterocycles. The fourth-order valence-corrected chi connectivity index (χ4v) is 3.22. The van der Waals surface area contributed by atoms with Crippen LogP contribution in [0.2, 0.25) is 0 Å². The maximum Gasteiger partial charge on any atom is 0.305 e. The maximum absolute atomic E-state index is 12.4. The molecule has 0 aromatic heterocycles. The standard InChI is InChI=1S/C15H24O6/c1-19-13(18)6-4-2-3-5-11(16)14-12(17)7-8-15(14)20-9-10-21-15/h12,14,17H,2-10H2,1H3/t12-,14-/m0/s1. The van der Waals surface area contributed by atoms with Crippen LogP contribution < -0.4 is 0 Å². The first kappa shape index (κ1) is 16.4. The van der Waals surface area contributed by atoms with E-state index in [1.54, 1.807) is 0 Å². The molecular formula is C15H24O6. The molecule has 1 heterocycles. The number of carbonyl (C=O) groups is 2. The molecule has 0 unspecified atom stereocenters. The summed E-state index contributed by atoms with van der Waals surface area (Å²) in [5.41, 5.74) is 0. The predicted octanol–water partition coefficient (Wildman–Crippen LogP) is 1.19. The van der Waals surface area contributed by atoms with Crippen molar-refractivity contribution in [1.82, 2.24) is 0 Å². The van der Waals surface area contributed by atoms with Crippen molar-refractivity contribution in [3.8, 4) is 0 Å². The SMILES string of the molecule is COC(=O)CCCCCC(=O)[C@H]1[C@@H](O)CCC12OCCO2. The van der Waals surface area contributed by atoms with E-state index >= 15 is 0 Å². The molecule has 2 fully saturated rings. The van der Waals surface area contributed by atoms with E-state index in [4.69, 9.17) is 9.47 Å². The first-order valence-electron chi connectivity index (χ1n) is 7.64. The van der Waals surface area contributed by atoms with Gasteiger partial charge in [-0.15, -0.1) is 0 Å². The zero-order valence-corrected chi connectivity index (χ0v) is 12.5. The minimum Gasteiger partial charge on any atom is -0.469 e. The molecule has 1 saturated heterocycles. The number of methoxy groups -OCH3 is 1. The molecule has 1 aliphatic carbocycles. The second kappa shape index (κ2) is 7.33. The molecule has 0 aromatic rings. The van der Waals surface area contributed by atoms with Crippen molar-refractivity contribution >= 4 is 11.8 Å². The van der Waals surface area contributed by atoms with Crippen LogP contribution in [0.1, 0.15) is 44.9 Å². The van der Waals surface area contributed by atoms with Crippen LogP contribution in [0, 0.1) is 5.92 Å². The van der Waals surface area contributed by atoms with E-state index in [1.165, 1.54) is 7.11 Å². The summed E-state index contributed by atoms with van der Waals surface area (Å²) in [6, 6.07) is 0. The highest BCUT2D eigenvalue weighted by molar-refractivity contribution is 5.83. The fraction of sp³-hybridized carbons (Fsp3) is 0.867. The first-order valence-corrected chi connectivity index (χ1v) is 7.64. The van der Waals surface area contributed by atoms with Gasteiger partial charge in [-0.2, -0.15) is 0 Å². The number of aliphatic hydroxyl groups excluding tert-OH is 1. The van der Waals surface area contributed by atoms with Crippen LogP contribution in [0.25, 0.3) is 0 Å². The van der Waals surface area contributed by atoms with Crippen molar-refractivity contribution in [3.05, 3.63) is 0 Å². The minimum atomic E-state index is -0.886. The summed E-state index contributed by atoms with van der Waals surface area (Å²) >= 11 is 0. The molecule has 0 bridgehead atoms. The van der Waals surface area contributed by atoms with Gasteiger partial charge in [0.05, 0.1) is 32.3 Å². The van der Waals surface area contributed by atoms with Gasteiger partial charge in [0.1, 0.15) is 5.78 Å². The molecule has 0 radical (unpaired) electrons. The zero-order chi connectivity index (χ0) is 15.3. The average molecular weight is 300 g/mol. The largest absolute Gasteiger partial charge is 0.469 e. The lowest BCUT2D eigenvalue weighted by Crippen LogP contribution is -2.43. The zero-order valence-electron chi connectivity index (χ0n) is 12.5. The minimum absolute atomic E-state index is 0.0000296. The lowest BCUT2D eigenvalue weighted by molar-refractivity contribution is -0.193. The predicted molar refractivity (Wildman–Crippen MR) is 73.5 cm³/mol. The topological polar surface area (TPSA) is 82.1 Å². The van der Waals surface area contributed by atoms with Gasteiger partial charge >= 0.3 is 5.97 Å². The van der Waals surface area contributed by atoms with Crippen LogP contribution in [0.3, 0.4) is 0 Å². The van der Waals surface area contributed by atoms with Crippen molar-refractivity contribution < 1.29 is 28.9 Å². The number of carbonyl (C=O) groups excluding carboxylic acids is 2. The second-order valence-electron chi connectivity index (χ2n) is 5.70. The van der Waals surface area contributed by atoms with Gasteiger partial charge in [0, 0.05) is 19.3 Å². The number of aliphatic hydroxyl groups is 1. The number of hydrogen-bond acceptors (Lipinski definition) is 6. The van der Waals surface area contributed by atoms with E-state index in [0.29, 0.717) is 51.7 Å². The fourth-order valence-electron chi connectivity index (χ4n) is 3.22. The lowest BCUT2D eigenvalue weighted by Gasteiger charge is -2.29. The Morgan fingerprint density at radius 1 is 1.19 bits per heavy atom. The van der Waals surface area contributed by atoms with Crippen LogP contribution >= 0.6 is 0 Å². The molecular weight excluding hydrogens is 276 g/mol. The highest BCUT2D eigenvalue weighted by atomic mass is 16.7. The van der Waals surface area contributed by atoms with E-state index in [0.717, 1.165) is 6.42 Å². The summed E-state index contributed by atoms with van der Waals surface area (Å²) < 4.78 is 15.8. The third kappa shape index (κ3) is 3.81. The molecule has 120 valence electrons. The van der Waals surface area contributed by atoms with E-state index in [9.17, 15) is 14.7 Å². The average Bonchev–Trinajstić information content (AvgIpc) is 3.06. The molecule has 6 nitrogen and oxygen atoms in total. The monoisotopic (exact) mass is 300 g/mol. The molecule has 6 heteroatoms. The number of unbranched alkanes of at least 4 members (excludes halogenated alkanes) is 2. The summed E-state index contributed by atoms with van der Waals surface area (Å²) in [6.45, 7) is 0.964. The van der Waals surface area contributed by atoms with Crippen LogP contribution in [-0.2, 0) is 23.8 Å². The van der Waals surface area contributed by atoms with Gasteiger partial charge in [0.2, 0.25) is 0 Å². The van der Waals surface area contributed by atoms with Crippen LogP contribution in [0.5, 0.6) is 0 Å². The Hall–Kier alpha value is -0.980.